The van der Waals surface area contributed by atoms with Crippen molar-refractivity contribution >= 4 is 44.3 Å². The van der Waals surface area contributed by atoms with Gasteiger partial charge in [0.1, 0.15) is 5.82 Å². The Labute approximate surface area is 138 Å². The van der Waals surface area contributed by atoms with Crippen LogP contribution >= 0.6 is 23.2 Å². The van der Waals surface area contributed by atoms with Gasteiger partial charge in [0.25, 0.3) is 10.0 Å². The number of hydrogen-bond acceptors (Lipinski definition) is 3. The van der Waals surface area contributed by atoms with Crippen LogP contribution < -0.4 is 0 Å². The lowest BCUT2D eigenvalue weighted by Gasteiger charge is -2.12. The number of nitrogens with zero attached hydrogens (tertiary/aromatic N) is 2. The van der Waals surface area contributed by atoms with Crippen molar-refractivity contribution in [2.45, 2.75) is 18.7 Å². The quantitative estimate of drug-likeness (QED) is 0.692. The minimum Gasteiger partial charge on any atom is -0.232 e. The summed E-state index contributed by atoms with van der Waals surface area (Å²) in [4.78, 5) is 4.42. The first-order valence-corrected chi connectivity index (χ1v) is 8.67. The van der Waals surface area contributed by atoms with Crippen molar-refractivity contribution < 1.29 is 8.42 Å². The van der Waals surface area contributed by atoms with Gasteiger partial charge in [0.15, 0.2) is 0 Å². The third-order valence-corrected chi connectivity index (χ3v) is 6.07. The maximum Gasteiger partial charge on any atom is 0.270 e. The van der Waals surface area contributed by atoms with Gasteiger partial charge < -0.3 is 0 Å². The molecule has 2 aromatic carbocycles. The normalized spacial score (nSPS) is 12.0. The van der Waals surface area contributed by atoms with Crippen LogP contribution in [0.2, 0.25) is 10.0 Å². The average molecular weight is 355 g/mol. The number of fused-ring (bicyclic) bond motifs is 1. The van der Waals surface area contributed by atoms with E-state index >= 15 is 0 Å². The van der Waals surface area contributed by atoms with E-state index in [1.54, 1.807) is 38.1 Å². The Morgan fingerprint density at radius 3 is 2.41 bits per heavy atom. The first-order valence-electron chi connectivity index (χ1n) is 6.47. The van der Waals surface area contributed by atoms with E-state index in [0.717, 1.165) is 0 Å². The van der Waals surface area contributed by atoms with E-state index in [1.165, 1.54) is 10.0 Å². The van der Waals surface area contributed by atoms with Crippen molar-refractivity contribution in [3.05, 3.63) is 57.8 Å². The zero-order chi connectivity index (χ0) is 16.1. The molecule has 0 aliphatic heterocycles. The molecule has 114 valence electrons. The van der Waals surface area contributed by atoms with Gasteiger partial charge in [-0.1, -0.05) is 35.3 Å². The molecule has 7 heteroatoms. The van der Waals surface area contributed by atoms with Crippen molar-refractivity contribution in [1.82, 2.24) is 8.96 Å². The van der Waals surface area contributed by atoms with E-state index in [2.05, 4.69) is 4.98 Å². The zero-order valence-electron chi connectivity index (χ0n) is 11.8. The van der Waals surface area contributed by atoms with Crippen LogP contribution in [0.4, 0.5) is 0 Å². The highest BCUT2D eigenvalue weighted by molar-refractivity contribution is 7.90. The van der Waals surface area contributed by atoms with Gasteiger partial charge in [-0.05, 0) is 43.7 Å². The predicted molar refractivity (Wildman–Crippen MR) is 88.3 cm³/mol. The molecule has 0 unspecified atom stereocenters. The number of rotatable bonds is 2. The van der Waals surface area contributed by atoms with Crippen molar-refractivity contribution in [1.29, 1.82) is 0 Å². The minimum absolute atomic E-state index is 0.119. The van der Waals surface area contributed by atoms with Gasteiger partial charge in [-0.3, -0.25) is 0 Å². The molecule has 0 saturated heterocycles. The van der Waals surface area contributed by atoms with Crippen LogP contribution in [0.1, 0.15) is 11.4 Å². The second kappa shape index (κ2) is 5.26. The number of benzene rings is 2. The second-order valence-corrected chi connectivity index (χ2v) is 7.52. The highest BCUT2D eigenvalue weighted by Crippen LogP contribution is 2.31. The van der Waals surface area contributed by atoms with E-state index in [0.29, 0.717) is 27.4 Å². The number of imidazole rings is 1. The predicted octanol–water partition coefficient (Wildman–Crippen LogP) is 4.20. The van der Waals surface area contributed by atoms with Crippen LogP contribution in [0.15, 0.2) is 41.3 Å². The highest BCUT2D eigenvalue weighted by atomic mass is 35.5. The van der Waals surface area contributed by atoms with E-state index in [-0.39, 0.29) is 9.92 Å². The number of aryl methyl sites for hydroxylation is 2. The molecule has 0 aliphatic carbocycles. The molecule has 22 heavy (non-hydrogen) atoms. The maximum atomic E-state index is 13.0. The molecule has 1 aromatic heterocycles. The Morgan fingerprint density at radius 1 is 1.05 bits per heavy atom. The van der Waals surface area contributed by atoms with Gasteiger partial charge in [-0.2, -0.15) is 0 Å². The lowest BCUT2D eigenvalue weighted by Crippen LogP contribution is -2.15. The topological polar surface area (TPSA) is 52.0 Å². The standard InChI is InChI=1S/C15H12Cl2N2O2S/c1-9-7-11(16)12(17)8-15(9)22(20,21)19-10(2)18-13-5-3-4-6-14(13)19/h3-8H,1-2H3. The third kappa shape index (κ3) is 2.29. The van der Waals surface area contributed by atoms with Gasteiger partial charge in [-0.15, -0.1) is 0 Å². The monoisotopic (exact) mass is 354 g/mol. The average Bonchev–Trinajstić information content (AvgIpc) is 2.79. The Bertz CT molecular complexity index is 994. The molecule has 0 fully saturated rings. The molecule has 0 aliphatic rings. The third-order valence-electron chi connectivity index (χ3n) is 3.41. The van der Waals surface area contributed by atoms with Crippen LogP contribution in [-0.4, -0.2) is 17.4 Å². The molecule has 0 saturated carbocycles. The lowest BCUT2D eigenvalue weighted by atomic mass is 10.2. The molecule has 0 N–H and O–H groups in total. The summed E-state index contributed by atoms with van der Waals surface area (Å²) in [5, 5.41) is 0.526. The molecule has 4 nitrogen and oxygen atoms in total. The fourth-order valence-electron chi connectivity index (χ4n) is 2.43. The van der Waals surface area contributed by atoms with Crippen molar-refractivity contribution in [2.24, 2.45) is 0 Å². The summed E-state index contributed by atoms with van der Waals surface area (Å²) in [6.07, 6.45) is 0. The number of para-hydroxylation sites is 2. The zero-order valence-corrected chi connectivity index (χ0v) is 14.2. The maximum absolute atomic E-state index is 13.0. The SMILES string of the molecule is Cc1cc(Cl)c(Cl)cc1S(=O)(=O)n1c(C)nc2ccccc21. The minimum atomic E-state index is -3.81. The molecular formula is C15H12Cl2N2O2S. The van der Waals surface area contributed by atoms with Gasteiger partial charge in [-0.25, -0.2) is 17.4 Å². The molecule has 3 rings (SSSR count). The van der Waals surface area contributed by atoms with Crippen molar-refractivity contribution in [3.63, 3.8) is 0 Å². The Hall–Kier alpha value is -1.56. The van der Waals surface area contributed by atoms with Crippen LogP contribution in [0.25, 0.3) is 11.0 Å². The van der Waals surface area contributed by atoms with E-state index in [1.807, 2.05) is 6.07 Å². The largest absolute Gasteiger partial charge is 0.270 e. The van der Waals surface area contributed by atoms with Crippen molar-refractivity contribution in [3.8, 4) is 0 Å². The summed E-state index contributed by atoms with van der Waals surface area (Å²) < 4.78 is 27.3. The smallest absolute Gasteiger partial charge is 0.232 e. The second-order valence-electron chi connectivity index (χ2n) is 4.95. The van der Waals surface area contributed by atoms with Crippen LogP contribution in [0.5, 0.6) is 0 Å². The van der Waals surface area contributed by atoms with Gasteiger partial charge in [0.05, 0.1) is 26.0 Å². The fraction of sp³-hybridized carbons (Fsp3) is 0.133. The van der Waals surface area contributed by atoms with Gasteiger partial charge in [0, 0.05) is 0 Å². The van der Waals surface area contributed by atoms with Crippen LogP contribution in [0, 0.1) is 13.8 Å². The van der Waals surface area contributed by atoms with Crippen LogP contribution in [0.3, 0.4) is 0 Å². The number of hydrogen-bond donors (Lipinski definition) is 0. The van der Waals surface area contributed by atoms with E-state index < -0.39 is 10.0 Å². The summed E-state index contributed by atoms with van der Waals surface area (Å²) in [7, 11) is -3.81. The summed E-state index contributed by atoms with van der Waals surface area (Å²) in [5.74, 6) is 0.395. The Kier molecular flexibility index (Phi) is 3.67. The molecule has 3 aromatic rings. The van der Waals surface area contributed by atoms with E-state index in [4.69, 9.17) is 23.2 Å². The molecule has 0 atom stereocenters. The lowest BCUT2D eigenvalue weighted by molar-refractivity contribution is 0.587. The molecular weight excluding hydrogens is 343 g/mol. The molecule has 0 spiro atoms. The molecule has 0 amide bonds. The first kappa shape index (κ1) is 15.3. The Morgan fingerprint density at radius 2 is 1.68 bits per heavy atom. The number of aromatic nitrogens is 2. The molecule has 0 bridgehead atoms. The molecule has 1 heterocycles. The summed E-state index contributed by atoms with van der Waals surface area (Å²) >= 11 is 11.9. The van der Waals surface area contributed by atoms with Crippen LogP contribution in [-0.2, 0) is 10.0 Å². The van der Waals surface area contributed by atoms with Gasteiger partial charge in [0.2, 0.25) is 0 Å². The summed E-state index contributed by atoms with van der Waals surface area (Å²) in [6.45, 7) is 3.34. The van der Waals surface area contributed by atoms with Gasteiger partial charge >= 0.3 is 0 Å². The summed E-state index contributed by atoms with van der Waals surface area (Å²) in [6, 6.07) is 10.0. The highest BCUT2D eigenvalue weighted by Gasteiger charge is 2.25. The fourth-order valence-corrected chi connectivity index (χ4v) is 4.61. The first-order chi connectivity index (χ1) is 10.3. The number of halogens is 2. The Balaban J connectivity index is 2.34. The van der Waals surface area contributed by atoms with Crippen molar-refractivity contribution in [2.75, 3.05) is 0 Å². The molecule has 0 radical (unpaired) electrons. The summed E-state index contributed by atoms with van der Waals surface area (Å²) in [5.41, 5.74) is 1.69. The van der Waals surface area contributed by atoms with E-state index in [9.17, 15) is 8.42 Å².